The zero-order valence-electron chi connectivity index (χ0n) is 17.7. The van der Waals surface area contributed by atoms with E-state index in [0.717, 1.165) is 17.0 Å². The molecule has 0 radical (unpaired) electrons. The van der Waals surface area contributed by atoms with Crippen molar-refractivity contribution >= 4 is 57.6 Å². The second-order valence-electron chi connectivity index (χ2n) is 7.03. The normalized spacial score (nSPS) is 11.7. The summed E-state index contributed by atoms with van der Waals surface area (Å²) in [5, 5.41) is 10.0. The number of benzene rings is 2. The van der Waals surface area contributed by atoms with Gasteiger partial charge in [-0.25, -0.2) is 10.4 Å². The van der Waals surface area contributed by atoms with E-state index in [1.54, 1.807) is 29.6 Å². The lowest BCUT2D eigenvalue weighted by Gasteiger charge is -2.08. The van der Waals surface area contributed by atoms with Crippen LogP contribution >= 0.6 is 34.7 Å². The molecule has 0 aliphatic carbocycles. The van der Waals surface area contributed by atoms with Gasteiger partial charge >= 0.3 is 6.18 Å². The predicted octanol–water partition coefficient (Wildman–Crippen LogP) is 7.00. The Bertz CT molecular complexity index is 1340. The SMILES string of the molecule is O=C(Cc1csc(Nc2cccc(C(F)(F)F)c2)n1)N/N=C\c1ccc(Sc2ccc(Cl)cc2)o1. The van der Waals surface area contributed by atoms with E-state index in [2.05, 4.69) is 20.8 Å². The summed E-state index contributed by atoms with van der Waals surface area (Å²) >= 11 is 8.48. The number of alkyl halides is 3. The van der Waals surface area contributed by atoms with E-state index in [4.69, 9.17) is 16.0 Å². The largest absolute Gasteiger partial charge is 0.448 e. The molecule has 0 atom stereocenters. The van der Waals surface area contributed by atoms with Crippen molar-refractivity contribution in [1.82, 2.24) is 10.4 Å². The average molecular weight is 537 g/mol. The molecule has 0 saturated carbocycles. The molecule has 0 fully saturated rings. The summed E-state index contributed by atoms with van der Waals surface area (Å²) in [5.74, 6) is 0.0579. The number of aromatic nitrogens is 1. The van der Waals surface area contributed by atoms with Crippen molar-refractivity contribution < 1.29 is 22.4 Å². The molecule has 2 aromatic carbocycles. The van der Waals surface area contributed by atoms with Gasteiger partial charge in [-0.3, -0.25) is 4.79 Å². The van der Waals surface area contributed by atoms with Crippen molar-refractivity contribution in [3.05, 3.63) is 88.1 Å². The fourth-order valence-corrected chi connectivity index (χ4v) is 4.43. The molecule has 6 nitrogen and oxygen atoms in total. The van der Waals surface area contributed by atoms with Gasteiger partial charge in [0.2, 0.25) is 5.91 Å². The fourth-order valence-electron chi connectivity index (χ4n) is 2.79. The summed E-state index contributed by atoms with van der Waals surface area (Å²) in [4.78, 5) is 17.3. The number of hydrogen-bond donors (Lipinski definition) is 2. The minimum absolute atomic E-state index is 0.0477. The number of thiazole rings is 1. The summed E-state index contributed by atoms with van der Waals surface area (Å²) in [7, 11) is 0. The van der Waals surface area contributed by atoms with E-state index in [-0.39, 0.29) is 12.1 Å². The first-order valence-corrected chi connectivity index (χ1v) is 12.1. The molecular formula is C23H16ClF3N4O2S2. The first-order chi connectivity index (χ1) is 16.7. The van der Waals surface area contributed by atoms with E-state index in [1.807, 2.05) is 12.1 Å². The summed E-state index contributed by atoms with van der Waals surface area (Å²) in [6.07, 6.45) is -3.10. The highest BCUT2D eigenvalue weighted by molar-refractivity contribution is 7.99. The lowest BCUT2D eigenvalue weighted by atomic mass is 10.2. The van der Waals surface area contributed by atoms with Crippen LogP contribution in [0.4, 0.5) is 24.0 Å². The van der Waals surface area contributed by atoms with Gasteiger partial charge in [0.25, 0.3) is 0 Å². The molecule has 0 bridgehead atoms. The molecule has 0 aliphatic heterocycles. The zero-order valence-corrected chi connectivity index (χ0v) is 20.1. The number of halogens is 4. The summed E-state index contributed by atoms with van der Waals surface area (Å²) < 4.78 is 44.2. The van der Waals surface area contributed by atoms with Crippen LogP contribution in [-0.4, -0.2) is 17.1 Å². The highest BCUT2D eigenvalue weighted by atomic mass is 35.5. The molecule has 4 aromatic rings. The third-order valence-corrected chi connectivity index (χ3v) is 6.34. The molecule has 0 unspecified atom stereocenters. The number of furan rings is 1. The van der Waals surface area contributed by atoms with Crippen LogP contribution in [-0.2, 0) is 17.4 Å². The monoisotopic (exact) mass is 536 g/mol. The number of rotatable bonds is 8. The maximum absolute atomic E-state index is 12.9. The second kappa shape index (κ2) is 11.0. The topological polar surface area (TPSA) is 79.5 Å². The van der Waals surface area contributed by atoms with Crippen LogP contribution in [0, 0.1) is 0 Å². The van der Waals surface area contributed by atoms with Crippen molar-refractivity contribution in [2.24, 2.45) is 5.10 Å². The standard InChI is InChI=1S/C23H16ClF3N4O2S2/c24-15-4-7-19(8-5-15)35-21-9-6-18(33-21)12-28-31-20(32)11-17-13-34-22(30-17)29-16-3-1-2-14(10-16)23(25,26)27/h1-10,12-13H,11H2,(H,29,30)(H,31,32)/b28-12-. The number of hydrogen-bond acceptors (Lipinski definition) is 7. The van der Waals surface area contributed by atoms with Crippen LogP contribution in [0.3, 0.4) is 0 Å². The Hall–Kier alpha value is -3.28. The maximum Gasteiger partial charge on any atom is 0.416 e. The molecule has 35 heavy (non-hydrogen) atoms. The first kappa shape index (κ1) is 24.8. The van der Waals surface area contributed by atoms with Gasteiger partial charge in [0.05, 0.1) is 23.9 Å². The van der Waals surface area contributed by atoms with Crippen molar-refractivity contribution in [2.75, 3.05) is 5.32 Å². The molecule has 0 aliphatic rings. The highest BCUT2D eigenvalue weighted by Crippen LogP contribution is 2.32. The number of carbonyl (C=O) groups excluding carboxylic acids is 1. The number of carbonyl (C=O) groups is 1. The van der Waals surface area contributed by atoms with E-state index in [1.165, 1.54) is 41.4 Å². The Balaban J connectivity index is 1.27. The molecule has 2 heterocycles. The average Bonchev–Trinajstić information content (AvgIpc) is 3.44. The number of hydrazone groups is 1. The molecular weight excluding hydrogens is 521 g/mol. The number of nitrogens with zero attached hydrogens (tertiary/aromatic N) is 2. The maximum atomic E-state index is 12.9. The van der Waals surface area contributed by atoms with Crippen molar-refractivity contribution in [3.63, 3.8) is 0 Å². The summed E-state index contributed by atoms with van der Waals surface area (Å²) in [6.45, 7) is 0. The van der Waals surface area contributed by atoms with Gasteiger partial charge < -0.3 is 9.73 Å². The van der Waals surface area contributed by atoms with Gasteiger partial charge in [-0.1, -0.05) is 29.4 Å². The van der Waals surface area contributed by atoms with E-state index in [9.17, 15) is 18.0 Å². The van der Waals surface area contributed by atoms with Gasteiger partial charge in [0.15, 0.2) is 10.2 Å². The third kappa shape index (κ3) is 7.35. The second-order valence-corrected chi connectivity index (χ2v) is 9.40. The molecule has 1 amide bonds. The summed E-state index contributed by atoms with van der Waals surface area (Å²) in [6, 6.07) is 15.6. The molecule has 0 saturated heterocycles. The number of amides is 1. The van der Waals surface area contributed by atoms with E-state index < -0.39 is 17.6 Å². The highest BCUT2D eigenvalue weighted by Gasteiger charge is 2.30. The van der Waals surface area contributed by atoms with E-state index in [0.29, 0.717) is 26.7 Å². The minimum atomic E-state index is -4.43. The van der Waals surface area contributed by atoms with Crippen LogP contribution in [0.25, 0.3) is 0 Å². The lowest BCUT2D eigenvalue weighted by molar-refractivity contribution is -0.137. The molecule has 2 N–H and O–H groups in total. The van der Waals surface area contributed by atoms with Gasteiger partial charge in [0.1, 0.15) is 5.76 Å². The Morgan fingerprint density at radius 2 is 1.97 bits per heavy atom. The minimum Gasteiger partial charge on any atom is -0.448 e. The Kier molecular flexibility index (Phi) is 7.79. The van der Waals surface area contributed by atoms with Gasteiger partial charge in [-0.2, -0.15) is 18.3 Å². The third-order valence-electron chi connectivity index (χ3n) is 4.35. The van der Waals surface area contributed by atoms with Crippen LogP contribution in [0.1, 0.15) is 17.0 Å². The molecule has 12 heteroatoms. The first-order valence-electron chi connectivity index (χ1n) is 9.98. The van der Waals surface area contributed by atoms with Crippen molar-refractivity contribution in [3.8, 4) is 0 Å². The van der Waals surface area contributed by atoms with Crippen LogP contribution in [0.2, 0.25) is 5.02 Å². The number of anilines is 2. The smallest absolute Gasteiger partial charge is 0.416 e. The molecule has 180 valence electrons. The van der Waals surface area contributed by atoms with Crippen LogP contribution in [0.5, 0.6) is 0 Å². The Labute approximate surface area is 211 Å². The molecule has 0 spiro atoms. The Morgan fingerprint density at radius 1 is 1.17 bits per heavy atom. The van der Waals surface area contributed by atoms with E-state index >= 15 is 0 Å². The fraction of sp³-hybridized carbons (Fsp3) is 0.0870. The summed E-state index contributed by atoms with van der Waals surface area (Å²) in [5.41, 5.74) is 2.34. The molecule has 2 aromatic heterocycles. The number of nitrogens with one attached hydrogen (secondary N) is 2. The van der Waals surface area contributed by atoms with Crippen molar-refractivity contribution in [1.29, 1.82) is 0 Å². The van der Waals surface area contributed by atoms with Crippen molar-refractivity contribution in [2.45, 2.75) is 22.6 Å². The van der Waals surface area contributed by atoms with Gasteiger partial charge in [0, 0.05) is 21.0 Å². The van der Waals surface area contributed by atoms with Gasteiger partial charge in [-0.15, -0.1) is 11.3 Å². The zero-order chi connectivity index (χ0) is 24.8. The molecule has 4 rings (SSSR count). The Morgan fingerprint density at radius 3 is 2.74 bits per heavy atom. The lowest BCUT2D eigenvalue weighted by Crippen LogP contribution is -2.19. The van der Waals surface area contributed by atoms with Gasteiger partial charge in [-0.05, 0) is 54.6 Å². The predicted molar refractivity (Wildman–Crippen MR) is 131 cm³/mol. The van der Waals surface area contributed by atoms with Crippen LogP contribution in [0.15, 0.2) is 85.6 Å². The quantitative estimate of drug-likeness (QED) is 0.187. The van der Waals surface area contributed by atoms with Crippen LogP contribution < -0.4 is 10.7 Å².